The molecule has 1 saturated heterocycles. The number of nitrogens with zero attached hydrogens (tertiary/aromatic N) is 2. The zero-order valence-electron chi connectivity index (χ0n) is 18.0. The third-order valence-corrected chi connectivity index (χ3v) is 7.67. The zero-order chi connectivity index (χ0) is 22.3. The van der Waals surface area contributed by atoms with Gasteiger partial charge in [-0.3, -0.25) is 9.59 Å². The van der Waals surface area contributed by atoms with Crippen molar-refractivity contribution in [3.8, 4) is 0 Å². The first-order valence-corrected chi connectivity index (χ1v) is 11.3. The first-order chi connectivity index (χ1) is 16.1. The Bertz CT molecular complexity index is 1400. The Morgan fingerprint density at radius 2 is 1.24 bits per heavy atom. The quantitative estimate of drug-likeness (QED) is 0.369. The lowest BCUT2D eigenvalue weighted by Gasteiger charge is -2.45. The molecule has 33 heavy (non-hydrogen) atoms. The molecule has 1 N–H and O–H groups in total. The van der Waals surface area contributed by atoms with Gasteiger partial charge in [0.2, 0.25) is 0 Å². The molecule has 5 nitrogen and oxygen atoms in total. The largest absolute Gasteiger partial charge is 0.358 e. The van der Waals surface area contributed by atoms with E-state index in [1.54, 1.807) is 6.21 Å². The van der Waals surface area contributed by atoms with Crippen LogP contribution in [-0.2, 0) is 9.59 Å². The van der Waals surface area contributed by atoms with Crippen molar-refractivity contribution >= 4 is 28.9 Å². The maximum absolute atomic E-state index is 13.7. The van der Waals surface area contributed by atoms with Crippen molar-refractivity contribution in [3.05, 3.63) is 106 Å². The van der Waals surface area contributed by atoms with Crippen LogP contribution in [0.5, 0.6) is 0 Å². The summed E-state index contributed by atoms with van der Waals surface area (Å²) in [6.07, 6.45) is 1.66. The van der Waals surface area contributed by atoms with Crippen molar-refractivity contribution in [2.24, 2.45) is 16.9 Å². The average molecular weight is 431 g/mol. The van der Waals surface area contributed by atoms with E-state index in [1.807, 2.05) is 55.5 Å². The van der Waals surface area contributed by atoms with Crippen LogP contribution in [0.3, 0.4) is 0 Å². The van der Waals surface area contributed by atoms with Crippen LogP contribution in [-0.4, -0.2) is 28.0 Å². The van der Waals surface area contributed by atoms with Crippen molar-refractivity contribution in [2.45, 2.75) is 18.8 Å². The molecule has 4 aliphatic rings. The van der Waals surface area contributed by atoms with E-state index >= 15 is 0 Å². The summed E-state index contributed by atoms with van der Waals surface area (Å²) in [6, 6.07) is 24.5. The highest BCUT2D eigenvalue weighted by Crippen LogP contribution is 2.60. The van der Waals surface area contributed by atoms with Gasteiger partial charge >= 0.3 is 0 Å². The van der Waals surface area contributed by atoms with Crippen LogP contribution in [0.15, 0.2) is 77.9 Å². The second-order valence-corrected chi connectivity index (χ2v) is 9.21. The minimum atomic E-state index is -0.409. The van der Waals surface area contributed by atoms with Gasteiger partial charge in [0.15, 0.2) is 0 Å². The van der Waals surface area contributed by atoms with Gasteiger partial charge in [-0.2, -0.15) is 10.1 Å². The van der Waals surface area contributed by atoms with Crippen LogP contribution in [0.2, 0.25) is 0 Å². The first kappa shape index (κ1) is 18.6. The number of carbonyl (C=O) groups excluding carboxylic acids is 2. The summed E-state index contributed by atoms with van der Waals surface area (Å²) >= 11 is 0. The number of aryl methyl sites for hydroxylation is 1. The van der Waals surface area contributed by atoms with Gasteiger partial charge in [-0.25, -0.2) is 0 Å². The predicted molar refractivity (Wildman–Crippen MR) is 126 cm³/mol. The van der Waals surface area contributed by atoms with E-state index in [-0.39, 0.29) is 23.7 Å². The number of amides is 2. The Morgan fingerprint density at radius 3 is 1.79 bits per heavy atom. The van der Waals surface area contributed by atoms with Crippen LogP contribution in [0.25, 0.3) is 10.9 Å². The number of hydrogen-bond donors (Lipinski definition) is 1. The van der Waals surface area contributed by atoms with Gasteiger partial charge in [-0.1, -0.05) is 66.7 Å². The number of hydrazone groups is 1. The molecular weight excluding hydrogens is 410 g/mol. The van der Waals surface area contributed by atoms with Gasteiger partial charge in [0.05, 0.1) is 18.1 Å². The molecule has 5 heteroatoms. The maximum Gasteiger partial charge on any atom is 0.254 e. The lowest BCUT2D eigenvalue weighted by atomic mass is 9.55. The molecule has 2 bridgehead atoms. The summed E-state index contributed by atoms with van der Waals surface area (Å²) in [5.41, 5.74) is 7.53. The molecule has 0 saturated carbocycles. The number of aromatic nitrogens is 1. The molecule has 0 spiro atoms. The van der Waals surface area contributed by atoms with E-state index in [0.717, 1.165) is 27.2 Å². The van der Waals surface area contributed by atoms with Gasteiger partial charge in [0.25, 0.3) is 11.8 Å². The van der Waals surface area contributed by atoms with E-state index in [2.05, 4.69) is 34.4 Å². The molecule has 2 heterocycles. The lowest BCUT2D eigenvalue weighted by Crippen LogP contribution is -2.41. The van der Waals surface area contributed by atoms with E-state index in [0.29, 0.717) is 0 Å². The van der Waals surface area contributed by atoms with E-state index in [1.165, 1.54) is 22.3 Å². The van der Waals surface area contributed by atoms with Crippen LogP contribution >= 0.6 is 0 Å². The van der Waals surface area contributed by atoms with Gasteiger partial charge in [0, 0.05) is 34.0 Å². The number of fused-ring (bicyclic) bond motifs is 1. The number of carbonyl (C=O) groups is 2. The SMILES string of the molecule is Cc1[nH]c2ccccc2c1/C=N\N1C(=O)[C@@H]2C3c4ccccc4C(c4ccccc43)[C@@H]2C1=O. The standard InChI is InChI=1S/C28H21N3O2/c1-15-21(16-8-6-7-13-22(16)30-15)14-29-31-27(32)25-23-17-9-2-3-10-18(17)24(26(25)28(31)33)20-12-5-4-11-19(20)23/h2-14,23-26,30H,1H3/b29-14-/t23?,24?,25-,26+. The molecule has 2 atom stereocenters. The molecular formula is C28H21N3O2. The van der Waals surface area contributed by atoms with Gasteiger partial charge in [-0.15, -0.1) is 0 Å². The summed E-state index contributed by atoms with van der Waals surface area (Å²) in [7, 11) is 0. The Morgan fingerprint density at radius 1 is 0.758 bits per heavy atom. The summed E-state index contributed by atoms with van der Waals surface area (Å²) in [6.45, 7) is 1.97. The smallest absolute Gasteiger partial charge is 0.254 e. The van der Waals surface area contributed by atoms with E-state index < -0.39 is 11.8 Å². The predicted octanol–water partition coefficient (Wildman–Crippen LogP) is 4.70. The minimum absolute atomic E-state index is 0.112. The molecule has 4 aromatic rings. The monoisotopic (exact) mass is 431 g/mol. The molecule has 1 fully saturated rings. The fraction of sp³-hybridized carbons (Fsp3) is 0.179. The third kappa shape index (κ3) is 2.34. The van der Waals surface area contributed by atoms with Crippen molar-refractivity contribution < 1.29 is 9.59 Å². The van der Waals surface area contributed by atoms with Crippen LogP contribution in [0.4, 0.5) is 0 Å². The lowest BCUT2D eigenvalue weighted by molar-refractivity contribution is -0.139. The molecule has 0 unspecified atom stereocenters. The fourth-order valence-corrected chi connectivity index (χ4v) is 6.36. The fourth-order valence-electron chi connectivity index (χ4n) is 6.36. The van der Waals surface area contributed by atoms with Crippen LogP contribution in [0, 0.1) is 18.8 Å². The Kier molecular flexibility index (Phi) is 3.67. The number of benzene rings is 3. The van der Waals surface area contributed by atoms with Crippen LogP contribution < -0.4 is 0 Å². The number of rotatable bonds is 2. The zero-order valence-corrected chi connectivity index (χ0v) is 18.0. The summed E-state index contributed by atoms with van der Waals surface area (Å²) in [5.74, 6) is -1.43. The summed E-state index contributed by atoms with van der Waals surface area (Å²) in [5, 5.41) is 6.63. The van der Waals surface area contributed by atoms with Gasteiger partial charge in [-0.05, 0) is 35.2 Å². The van der Waals surface area contributed by atoms with E-state index in [9.17, 15) is 9.59 Å². The normalized spacial score (nSPS) is 25.1. The second kappa shape index (κ2) is 6.51. The number of H-pyrrole nitrogens is 1. The Hall–Kier alpha value is -3.99. The Balaban J connectivity index is 1.34. The molecule has 160 valence electrons. The third-order valence-electron chi connectivity index (χ3n) is 7.67. The van der Waals surface area contributed by atoms with Gasteiger partial charge < -0.3 is 4.98 Å². The summed E-state index contributed by atoms with van der Waals surface area (Å²) in [4.78, 5) is 30.6. The van der Waals surface area contributed by atoms with E-state index in [4.69, 9.17) is 0 Å². The van der Waals surface area contributed by atoms with Crippen molar-refractivity contribution in [3.63, 3.8) is 0 Å². The number of imide groups is 1. The average Bonchev–Trinajstić information content (AvgIpc) is 3.30. The molecule has 3 aromatic carbocycles. The number of hydrogen-bond acceptors (Lipinski definition) is 3. The number of nitrogens with one attached hydrogen (secondary N) is 1. The highest BCUT2D eigenvalue weighted by Gasteiger charge is 2.61. The molecule has 1 aliphatic heterocycles. The Labute approximate surface area is 190 Å². The molecule has 2 amide bonds. The van der Waals surface area contributed by atoms with Crippen molar-refractivity contribution in [1.82, 2.24) is 9.99 Å². The molecule has 0 radical (unpaired) electrons. The van der Waals surface area contributed by atoms with Crippen LogP contribution in [0.1, 0.15) is 45.3 Å². The van der Waals surface area contributed by atoms with Gasteiger partial charge in [0.1, 0.15) is 0 Å². The van der Waals surface area contributed by atoms with Crippen molar-refractivity contribution in [1.29, 1.82) is 0 Å². The second-order valence-electron chi connectivity index (χ2n) is 9.21. The number of aromatic amines is 1. The molecule has 3 aliphatic carbocycles. The van der Waals surface area contributed by atoms with Crippen molar-refractivity contribution in [2.75, 3.05) is 0 Å². The topological polar surface area (TPSA) is 65.5 Å². The minimum Gasteiger partial charge on any atom is -0.358 e. The highest BCUT2D eigenvalue weighted by molar-refractivity contribution is 6.09. The first-order valence-electron chi connectivity index (χ1n) is 11.3. The highest BCUT2D eigenvalue weighted by atomic mass is 16.2. The maximum atomic E-state index is 13.7. The summed E-state index contributed by atoms with van der Waals surface area (Å²) < 4.78 is 0. The molecule has 1 aromatic heterocycles. The number of para-hydroxylation sites is 1. The molecule has 8 rings (SSSR count).